The van der Waals surface area contributed by atoms with Crippen molar-refractivity contribution in [2.24, 2.45) is 0 Å². The van der Waals surface area contributed by atoms with Crippen LogP contribution < -0.4 is 5.32 Å². The van der Waals surface area contributed by atoms with Crippen LogP contribution in [-0.4, -0.2) is 23.8 Å². The Morgan fingerprint density at radius 2 is 2.31 bits per heavy atom. The van der Waals surface area contributed by atoms with Crippen molar-refractivity contribution >= 4 is 0 Å². The summed E-state index contributed by atoms with van der Waals surface area (Å²) in [5.74, 6) is 1.45. The first-order chi connectivity index (χ1) is 7.84. The zero-order chi connectivity index (χ0) is 11.0. The second kappa shape index (κ2) is 3.82. The second-order valence-corrected chi connectivity index (χ2v) is 4.66. The summed E-state index contributed by atoms with van der Waals surface area (Å²) >= 11 is 0. The molecule has 3 rings (SSSR count). The third-order valence-electron chi connectivity index (χ3n) is 3.76. The zero-order valence-corrected chi connectivity index (χ0v) is 9.53. The van der Waals surface area contributed by atoms with Gasteiger partial charge < -0.3 is 14.6 Å². The number of aromatic nitrogens is 2. The Labute approximate surface area is 94.6 Å². The Balaban J connectivity index is 1.81. The van der Waals surface area contributed by atoms with E-state index in [1.165, 1.54) is 12.8 Å². The van der Waals surface area contributed by atoms with Crippen molar-refractivity contribution < 1.29 is 9.26 Å². The van der Waals surface area contributed by atoms with Crippen molar-refractivity contribution in [2.75, 3.05) is 13.7 Å². The van der Waals surface area contributed by atoms with Gasteiger partial charge in [-0.05, 0) is 38.6 Å². The molecule has 16 heavy (non-hydrogen) atoms. The maximum Gasteiger partial charge on any atom is 0.243 e. The van der Waals surface area contributed by atoms with Crippen molar-refractivity contribution in [2.45, 2.75) is 43.7 Å². The minimum Gasteiger partial charge on any atom is -0.370 e. The predicted molar refractivity (Wildman–Crippen MR) is 56.8 cm³/mol. The molecule has 1 atom stereocenters. The first-order valence-electron chi connectivity index (χ1n) is 5.97. The van der Waals surface area contributed by atoms with Crippen LogP contribution in [0.25, 0.3) is 0 Å². The van der Waals surface area contributed by atoms with E-state index in [1.807, 2.05) is 0 Å². The van der Waals surface area contributed by atoms with E-state index in [4.69, 9.17) is 9.26 Å². The average molecular weight is 223 g/mol. The van der Waals surface area contributed by atoms with Gasteiger partial charge in [0, 0.05) is 7.11 Å². The summed E-state index contributed by atoms with van der Waals surface area (Å²) < 4.78 is 10.9. The Morgan fingerprint density at radius 3 is 2.88 bits per heavy atom. The molecule has 0 radical (unpaired) electrons. The summed E-state index contributed by atoms with van der Waals surface area (Å²) in [7, 11) is 1.73. The summed E-state index contributed by atoms with van der Waals surface area (Å²) in [6.45, 7) is 1.04. The van der Waals surface area contributed by atoms with Gasteiger partial charge in [-0.3, -0.25) is 0 Å². The van der Waals surface area contributed by atoms with Crippen LogP contribution in [0.1, 0.15) is 49.9 Å². The molecule has 0 amide bonds. The number of hydrogen-bond donors (Lipinski definition) is 1. The number of nitrogens with zero attached hydrogens (tertiary/aromatic N) is 2. The van der Waals surface area contributed by atoms with E-state index in [2.05, 4.69) is 15.5 Å². The van der Waals surface area contributed by atoms with E-state index in [1.54, 1.807) is 7.11 Å². The van der Waals surface area contributed by atoms with Crippen molar-refractivity contribution in [1.29, 1.82) is 0 Å². The Morgan fingerprint density at radius 1 is 1.44 bits per heavy atom. The third-order valence-corrected chi connectivity index (χ3v) is 3.76. The van der Waals surface area contributed by atoms with Gasteiger partial charge in [-0.2, -0.15) is 4.98 Å². The lowest BCUT2D eigenvalue weighted by molar-refractivity contribution is -0.0858. The van der Waals surface area contributed by atoms with Crippen LogP contribution in [0.3, 0.4) is 0 Å². The monoisotopic (exact) mass is 223 g/mol. The SMILES string of the molecule is COC1(c2noc([C@@H]3CCCN3)n2)CCC1. The fourth-order valence-electron chi connectivity index (χ4n) is 2.47. The first kappa shape index (κ1) is 10.2. The molecule has 2 fully saturated rings. The molecule has 0 aromatic carbocycles. The lowest BCUT2D eigenvalue weighted by Gasteiger charge is -2.37. The normalized spacial score (nSPS) is 27.9. The fraction of sp³-hybridized carbons (Fsp3) is 0.818. The van der Waals surface area contributed by atoms with Crippen LogP contribution >= 0.6 is 0 Å². The molecule has 88 valence electrons. The maximum absolute atomic E-state index is 5.53. The minimum absolute atomic E-state index is 0.246. The molecule has 0 bridgehead atoms. The highest BCUT2D eigenvalue weighted by Gasteiger charge is 2.43. The van der Waals surface area contributed by atoms with Gasteiger partial charge in [-0.1, -0.05) is 5.16 Å². The number of ether oxygens (including phenoxy) is 1. The van der Waals surface area contributed by atoms with Crippen LogP contribution in [0, 0.1) is 0 Å². The fourth-order valence-corrected chi connectivity index (χ4v) is 2.47. The molecule has 1 aliphatic heterocycles. The number of hydrogen-bond acceptors (Lipinski definition) is 5. The summed E-state index contributed by atoms with van der Waals surface area (Å²) in [5, 5.41) is 7.43. The van der Waals surface area contributed by atoms with Gasteiger partial charge in [0.25, 0.3) is 0 Å². The lowest BCUT2D eigenvalue weighted by atomic mass is 9.79. The largest absolute Gasteiger partial charge is 0.370 e. The third kappa shape index (κ3) is 1.46. The first-order valence-corrected chi connectivity index (χ1v) is 5.97. The molecule has 1 aromatic rings. The predicted octanol–water partition coefficient (Wildman–Crippen LogP) is 1.52. The van der Waals surface area contributed by atoms with Crippen molar-refractivity contribution in [1.82, 2.24) is 15.5 Å². The molecule has 2 heterocycles. The van der Waals surface area contributed by atoms with Crippen LogP contribution in [0.2, 0.25) is 0 Å². The molecule has 0 unspecified atom stereocenters. The topological polar surface area (TPSA) is 60.2 Å². The molecule has 0 spiro atoms. The zero-order valence-electron chi connectivity index (χ0n) is 9.53. The highest BCUT2D eigenvalue weighted by Crippen LogP contribution is 2.43. The van der Waals surface area contributed by atoms with Gasteiger partial charge in [-0.15, -0.1) is 0 Å². The Kier molecular flexibility index (Phi) is 2.44. The number of nitrogens with one attached hydrogen (secondary N) is 1. The van der Waals surface area contributed by atoms with E-state index >= 15 is 0 Å². The molecule has 5 heteroatoms. The van der Waals surface area contributed by atoms with Crippen LogP contribution in [0.5, 0.6) is 0 Å². The standard InChI is InChI=1S/C11H17N3O2/c1-15-11(5-3-6-11)10-13-9(16-14-10)8-4-2-7-12-8/h8,12H,2-7H2,1H3/t8-/m0/s1. The summed E-state index contributed by atoms with van der Waals surface area (Å²) in [6, 6.07) is 0.246. The van der Waals surface area contributed by atoms with E-state index in [9.17, 15) is 0 Å². The molecule has 2 aliphatic rings. The van der Waals surface area contributed by atoms with Crippen molar-refractivity contribution in [3.05, 3.63) is 11.7 Å². The minimum atomic E-state index is -0.264. The van der Waals surface area contributed by atoms with Crippen molar-refractivity contribution in [3.8, 4) is 0 Å². The van der Waals surface area contributed by atoms with Gasteiger partial charge in [0.15, 0.2) is 0 Å². The quantitative estimate of drug-likeness (QED) is 0.841. The van der Waals surface area contributed by atoms with Gasteiger partial charge in [-0.25, -0.2) is 0 Å². The van der Waals surface area contributed by atoms with Crippen molar-refractivity contribution in [3.63, 3.8) is 0 Å². The molecule has 5 nitrogen and oxygen atoms in total. The number of methoxy groups -OCH3 is 1. The highest BCUT2D eigenvalue weighted by atomic mass is 16.5. The van der Waals surface area contributed by atoms with Gasteiger partial charge in [0.05, 0.1) is 6.04 Å². The van der Waals surface area contributed by atoms with Crippen LogP contribution in [0.15, 0.2) is 4.52 Å². The maximum atomic E-state index is 5.53. The molecule has 1 aliphatic carbocycles. The lowest BCUT2D eigenvalue weighted by Crippen LogP contribution is -2.37. The van der Waals surface area contributed by atoms with Gasteiger partial charge in [0.2, 0.25) is 11.7 Å². The van der Waals surface area contributed by atoms with E-state index < -0.39 is 0 Å². The Hall–Kier alpha value is -0.940. The smallest absolute Gasteiger partial charge is 0.243 e. The second-order valence-electron chi connectivity index (χ2n) is 4.66. The molecular weight excluding hydrogens is 206 g/mol. The summed E-state index contributed by atoms with van der Waals surface area (Å²) in [5.41, 5.74) is -0.264. The molecule has 1 saturated heterocycles. The molecular formula is C11H17N3O2. The average Bonchev–Trinajstić information content (AvgIpc) is 2.86. The summed E-state index contributed by atoms with van der Waals surface area (Å²) in [6.07, 6.45) is 5.44. The van der Waals surface area contributed by atoms with Gasteiger partial charge in [0.1, 0.15) is 5.60 Å². The van der Waals surface area contributed by atoms with E-state index in [0.717, 1.165) is 37.5 Å². The molecule has 1 N–H and O–H groups in total. The van der Waals surface area contributed by atoms with Gasteiger partial charge >= 0.3 is 0 Å². The van der Waals surface area contributed by atoms with E-state index in [0.29, 0.717) is 0 Å². The van der Waals surface area contributed by atoms with Crippen LogP contribution in [0.4, 0.5) is 0 Å². The summed E-state index contributed by atoms with van der Waals surface area (Å²) in [4.78, 5) is 4.49. The van der Waals surface area contributed by atoms with E-state index in [-0.39, 0.29) is 11.6 Å². The molecule has 1 aromatic heterocycles. The molecule has 1 saturated carbocycles. The number of rotatable bonds is 3. The van der Waals surface area contributed by atoms with Crippen LogP contribution in [-0.2, 0) is 10.3 Å². The Bertz CT molecular complexity index is 362. The highest BCUT2D eigenvalue weighted by molar-refractivity contribution is 5.08.